The Labute approximate surface area is 155 Å². The number of hydrogen-bond acceptors (Lipinski definition) is 6. The predicted octanol–water partition coefficient (Wildman–Crippen LogP) is 2.77. The lowest BCUT2D eigenvalue weighted by molar-refractivity contribution is 0.0779. The molecule has 0 spiro atoms. The number of halogens is 1. The van der Waals surface area contributed by atoms with Gasteiger partial charge in [0.1, 0.15) is 0 Å². The van der Waals surface area contributed by atoms with Gasteiger partial charge in [0.2, 0.25) is 0 Å². The molecule has 5 N–H and O–H groups in total. The fourth-order valence-corrected chi connectivity index (χ4v) is 4.61. The van der Waals surface area contributed by atoms with E-state index in [-0.39, 0.29) is 30.0 Å². The minimum Gasteiger partial charge on any atom is -0.363 e. The van der Waals surface area contributed by atoms with E-state index in [0.29, 0.717) is 11.3 Å². The van der Waals surface area contributed by atoms with E-state index in [1.54, 1.807) is 0 Å². The summed E-state index contributed by atoms with van der Waals surface area (Å²) < 4.78 is 15.1. The molecule has 4 rings (SSSR count). The van der Waals surface area contributed by atoms with Gasteiger partial charge in [-0.25, -0.2) is 15.2 Å². The molecule has 1 aliphatic heterocycles. The Balaban J connectivity index is 1.81. The van der Waals surface area contributed by atoms with E-state index in [2.05, 4.69) is 10.3 Å². The van der Waals surface area contributed by atoms with Gasteiger partial charge < -0.3 is 11.1 Å². The Morgan fingerprint density at radius 1 is 1.38 bits per heavy atom. The van der Waals surface area contributed by atoms with Crippen LogP contribution in [0.2, 0.25) is 0 Å². The van der Waals surface area contributed by atoms with E-state index >= 15 is 4.39 Å². The summed E-state index contributed by atoms with van der Waals surface area (Å²) in [6.07, 6.45) is 3.95. The molecule has 0 bridgehead atoms. The second kappa shape index (κ2) is 6.61. The van der Waals surface area contributed by atoms with Crippen LogP contribution in [0.3, 0.4) is 0 Å². The number of thiophene rings is 1. The van der Waals surface area contributed by atoms with Crippen LogP contribution in [0.1, 0.15) is 47.2 Å². The van der Waals surface area contributed by atoms with Gasteiger partial charge in [-0.3, -0.25) is 9.80 Å². The zero-order valence-corrected chi connectivity index (χ0v) is 15.4. The van der Waals surface area contributed by atoms with E-state index in [1.165, 1.54) is 11.3 Å². The van der Waals surface area contributed by atoms with Gasteiger partial charge in [0.25, 0.3) is 5.91 Å². The Morgan fingerprint density at radius 3 is 2.85 bits per heavy atom. The fourth-order valence-electron chi connectivity index (χ4n) is 3.72. The molecule has 1 saturated carbocycles. The molecule has 1 aliphatic carbocycles. The highest BCUT2D eigenvalue weighted by molar-refractivity contribution is 7.13. The average molecular weight is 375 g/mol. The van der Waals surface area contributed by atoms with Gasteiger partial charge in [-0.05, 0) is 36.8 Å². The van der Waals surface area contributed by atoms with Crippen LogP contribution < -0.4 is 16.9 Å². The van der Waals surface area contributed by atoms with Gasteiger partial charge in [-0.15, -0.1) is 11.3 Å². The third-order valence-electron chi connectivity index (χ3n) is 5.14. The second-order valence-electron chi connectivity index (χ2n) is 7.10. The highest BCUT2D eigenvalue weighted by atomic mass is 32.1. The first-order valence-corrected chi connectivity index (χ1v) is 9.70. The zero-order chi connectivity index (χ0) is 18.4. The topological polar surface area (TPSA) is 97.3 Å². The highest BCUT2D eigenvalue weighted by Crippen LogP contribution is 2.37. The van der Waals surface area contributed by atoms with Crippen molar-refractivity contribution in [3.8, 4) is 10.6 Å². The van der Waals surface area contributed by atoms with Gasteiger partial charge in [0.05, 0.1) is 22.7 Å². The minimum atomic E-state index is -0.504. The summed E-state index contributed by atoms with van der Waals surface area (Å²) in [6, 6.07) is 1.90. The lowest BCUT2D eigenvalue weighted by atomic mass is 9.91. The number of nitrogens with zero attached hydrogens (tertiary/aromatic N) is 2. The monoisotopic (exact) mass is 375 g/mol. The van der Waals surface area contributed by atoms with E-state index < -0.39 is 11.7 Å². The molecule has 1 amide bonds. The summed E-state index contributed by atoms with van der Waals surface area (Å²) in [6.45, 7) is 2.02. The maximum atomic E-state index is 15.1. The van der Waals surface area contributed by atoms with E-state index in [0.717, 1.165) is 41.1 Å². The lowest BCUT2D eigenvalue weighted by Crippen LogP contribution is -2.43. The number of hydrogen-bond donors (Lipinski definition) is 3. The third kappa shape index (κ3) is 2.87. The molecule has 26 heavy (non-hydrogen) atoms. The van der Waals surface area contributed by atoms with Crippen LogP contribution in [-0.4, -0.2) is 28.0 Å². The SMILES string of the molecule is Cc1csc(-c2nc(N[C@@H]3CCCC[C@@H]3N)c(F)c3c2C(=O)N(N)C3)c1. The number of aryl methyl sites for hydroxylation is 1. The number of aromatic nitrogens is 1. The van der Waals surface area contributed by atoms with Gasteiger partial charge >= 0.3 is 0 Å². The number of nitrogens with one attached hydrogen (secondary N) is 1. The molecule has 2 aromatic heterocycles. The summed E-state index contributed by atoms with van der Waals surface area (Å²) in [5.74, 6) is 5.02. The Bertz CT molecular complexity index is 868. The maximum absolute atomic E-state index is 15.1. The van der Waals surface area contributed by atoms with Crippen molar-refractivity contribution >= 4 is 23.1 Å². The number of hydrazine groups is 1. The highest BCUT2D eigenvalue weighted by Gasteiger charge is 2.35. The van der Waals surface area contributed by atoms with Crippen LogP contribution in [0.5, 0.6) is 0 Å². The number of amides is 1. The van der Waals surface area contributed by atoms with Crippen molar-refractivity contribution in [2.45, 2.75) is 51.2 Å². The summed E-state index contributed by atoms with van der Waals surface area (Å²) in [5, 5.41) is 6.22. The standard InChI is InChI=1S/C18H22FN5OS/c1-9-6-13(26-8-9)16-14-10(7-24(21)18(14)25)15(19)17(23-16)22-12-5-3-2-4-11(12)20/h6,8,11-12H,2-5,7,20-21H2,1H3,(H,22,23)/t11-,12+/m0/s1. The normalized spacial score (nSPS) is 22.6. The van der Waals surface area contributed by atoms with E-state index in [1.807, 2.05) is 18.4 Å². The number of pyridine rings is 1. The number of carbonyl (C=O) groups is 1. The second-order valence-corrected chi connectivity index (χ2v) is 8.01. The molecular weight excluding hydrogens is 353 g/mol. The predicted molar refractivity (Wildman–Crippen MR) is 100 cm³/mol. The van der Waals surface area contributed by atoms with Crippen LogP contribution >= 0.6 is 11.3 Å². The number of carbonyl (C=O) groups excluding carboxylic acids is 1. The number of rotatable bonds is 3. The maximum Gasteiger partial charge on any atom is 0.270 e. The van der Waals surface area contributed by atoms with Crippen molar-refractivity contribution in [2.24, 2.45) is 11.6 Å². The Morgan fingerprint density at radius 2 is 2.15 bits per heavy atom. The Kier molecular flexibility index (Phi) is 4.42. The quantitative estimate of drug-likeness (QED) is 0.566. The van der Waals surface area contributed by atoms with Crippen molar-refractivity contribution in [1.29, 1.82) is 0 Å². The van der Waals surface area contributed by atoms with Crippen molar-refractivity contribution in [1.82, 2.24) is 9.99 Å². The summed E-state index contributed by atoms with van der Waals surface area (Å²) in [7, 11) is 0. The van der Waals surface area contributed by atoms with Crippen molar-refractivity contribution in [3.63, 3.8) is 0 Å². The molecule has 0 radical (unpaired) electrons. The Hall–Kier alpha value is -2.03. The molecule has 2 aromatic rings. The zero-order valence-electron chi connectivity index (χ0n) is 14.6. The lowest BCUT2D eigenvalue weighted by Gasteiger charge is -2.30. The number of nitrogens with two attached hydrogens (primary N) is 2. The molecule has 1 fully saturated rings. The molecule has 2 aliphatic rings. The van der Waals surface area contributed by atoms with Crippen LogP contribution in [0.4, 0.5) is 10.2 Å². The summed E-state index contributed by atoms with van der Waals surface area (Å²) >= 11 is 1.48. The first-order chi connectivity index (χ1) is 12.5. The van der Waals surface area contributed by atoms with E-state index in [4.69, 9.17) is 11.6 Å². The van der Waals surface area contributed by atoms with Crippen molar-refractivity contribution in [3.05, 3.63) is 34.0 Å². The van der Waals surface area contributed by atoms with Crippen LogP contribution in [0, 0.1) is 12.7 Å². The molecule has 2 atom stereocenters. The first-order valence-electron chi connectivity index (χ1n) is 8.82. The third-order valence-corrected chi connectivity index (χ3v) is 6.20. The first kappa shape index (κ1) is 17.4. The molecule has 0 aromatic carbocycles. The van der Waals surface area contributed by atoms with Gasteiger partial charge in [0, 0.05) is 17.6 Å². The smallest absolute Gasteiger partial charge is 0.270 e. The minimum absolute atomic E-state index is 0.0205. The largest absolute Gasteiger partial charge is 0.363 e. The molecule has 138 valence electrons. The van der Waals surface area contributed by atoms with Crippen LogP contribution in [0.15, 0.2) is 11.4 Å². The summed E-state index contributed by atoms with van der Waals surface area (Å²) in [5.41, 5.74) is 8.33. The van der Waals surface area contributed by atoms with Gasteiger partial charge in [-0.1, -0.05) is 12.8 Å². The number of anilines is 1. The van der Waals surface area contributed by atoms with Crippen LogP contribution in [0.25, 0.3) is 10.6 Å². The molecule has 8 heteroatoms. The fraction of sp³-hybridized carbons (Fsp3) is 0.444. The van der Waals surface area contributed by atoms with Crippen molar-refractivity contribution in [2.75, 3.05) is 5.32 Å². The van der Waals surface area contributed by atoms with E-state index in [9.17, 15) is 4.79 Å². The van der Waals surface area contributed by atoms with Gasteiger partial charge in [0.15, 0.2) is 11.6 Å². The molecule has 0 unspecified atom stereocenters. The number of fused-ring (bicyclic) bond motifs is 1. The molecule has 6 nitrogen and oxygen atoms in total. The van der Waals surface area contributed by atoms with Crippen molar-refractivity contribution < 1.29 is 9.18 Å². The average Bonchev–Trinajstić information content (AvgIpc) is 3.17. The summed E-state index contributed by atoms with van der Waals surface area (Å²) in [4.78, 5) is 17.8. The molecular formula is C18H22FN5OS. The molecule has 3 heterocycles. The van der Waals surface area contributed by atoms with Gasteiger partial charge in [-0.2, -0.15) is 0 Å². The molecule has 0 saturated heterocycles. The van der Waals surface area contributed by atoms with Crippen LogP contribution in [-0.2, 0) is 6.54 Å².